The third-order valence-electron chi connectivity index (χ3n) is 2.48. The van der Waals surface area contributed by atoms with Gasteiger partial charge in [0.25, 0.3) is 0 Å². The lowest BCUT2D eigenvalue weighted by molar-refractivity contribution is -0.124. The van der Waals surface area contributed by atoms with Crippen molar-refractivity contribution in [1.29, 1.82) is 5.26 Å². The van der Waals surface area contributed by atoms with Crippen LogP contribution in [0.1, 0.15) is 17.7 Å². The Morgan fingerprint density at radius 3 is 2.84 bits per heavy atom. The minimum atomic E-state index is -4.26. The van der Waals surface area contributed by atoms with Crippen LogP contribution in [-0.4, -0.2) is 15.6 Å². The van der Waals surface area contributed by atoms with Gasteiger partial charge in [0.05, 0.1) is 12.1 Å². The van der Waals surface area contributed by atoms with Crippen molar-refractivity contribution in [3.05, 3.63) is 46.0 Å². The highest BCUT2D eigenvalue weighted by molar-refractivity contribution is 5.60. The molecule has 4 nitrogen and oxygen atoms in total. The third kappa shape index (κ3) is 2.68. The molecule has 19 heavy (non-hydrogen) atoms. The van der Waals surface area contributed by atoms with Crippen molar-refractivity contribution >= 4 is 11.7 Å². The zero-order valence-corrected chi connectivity index (χ0v) is 9.53. The summed E-state index contributed by atoms with van der Waals surface area (Å²) in [5, 5.41) is 8.86. The quantitative estimate of drug-likeness (QED) is 0.908. The van der Waals surface area contributed by atoms with Crippen molar-refractivity contribution in [3.8, 4) is 6.07 Å². The molecule has 2 aromatic heterocycles. The van der Waals surface area contributed by atoms with E-state index in [1.807, 2.05) is 0 Å². The molecule has 2 rings (SSSR count). The third-order valence-corrected chi connectivity index (χ3v) is 2.48. The molecule has 7 heteroatoms. The van der Waals surface area contributed by atoms with E-state index < -0.39 is 18.0 Å². The number of imidazole rings is 1. The number of nitriles is 1. The average molecular weight is 267 g/mol. The van der Waals surface area contributed by atoms with Crippen molar-refractivity contribution in [2.45, 2.75) is 12.6 Å². The number of allylic oxidation sites excluding steroid dienone is 1. The number of aromatic amines is 1. The number of hydrogen-bond donors (Lipinski definition) is 1. The maximum atomic E-state index is 12.0. The van der Waals surface area contributed by atoms with Gasteiger partial charge in [-0.05, 0) is 6.08 Å². The van der Waals surface area contributed by atoms with Gasteiger partial charge in [-0.25, -0.2) is 0 Å². The number of rotatable bonds is 2. The number of nitrogens with one attached hydrogen (secondary N) is 1. The molecule has 0 aliphatic carbocycles. The zero-order valence-electron chi connectivity index (χ0n) is 9.53. The molecule has 0 amide bonds. The molecule has 0 saturated heterocycles. The second-order valence-electron chi connectivity index (χ2n) is 3.82. The number of aromatic nitrogens is 2. The fraction of sp³-hybridized carbons (Fsp3) is 0.167. The van der Waals surface area contributed by atoms with Gasteiger partial charge in [-0.2, -0.15) is 18.4 Å². The fourth-order valence-electron chi connectivity index (χ4n) is 1.66. The highest BCUT2D eigenvalue weighted by Crippen LogP contribution is 2.20. The lowest BCUT2D eigenvalue weighted by Gasteiger charge is -2.00. The maximum Gasteiger partial charge on any atom is 0.392 e. The summed E-state index contributed by atoms with van der Waals surface area (Å²) in [6.07, 6.45) is -0.196. The van der Waals surface area contributed by atoms with E-state index in [0.717, 1.165) is 6.08 Å². The van der Waals surface area contributed by atoms with E-state index in [1.54, 1.807) is 6.07 Å². The second-order valence-corrected chi connectivity index (χ2v) is 3.82. The monoisotopic (exact) mass is 267 g/mol. The molecule has 0 atom stereocenters. The van der Waals surface area contributed by atoms with Gasteiger partial charge in [-0.15, -0.1) is 0 Å². The first-order valence-electron chi connectivity index (χ1n) is 5.28. The van der Waals surface area contributed by atoms with Gasteiger partial charge in [0.15, 0.2) is 0 Å². The summed E-state index contributed by atoms with van der Waals surface area (Å²) >= 11 is 0. The maximum absolute atomic E-state index is 12.0. The molecular weight excluding hydrogens is 259 g/mol. The molecular formula is C12H8F3N3O. The lowest BCUT2D eigenvalue weighted by atomic mass is 10.3. The van der Waals surface area contributed by atoms with Gasteiger partial charge < -0.3 is 9.38 Å². The molecule has 0 spiro atoms. The molecule has 0 unspecified atom stereocenters. The number of halogens is 3. The Morgan fingerprint density at radius 2 is 2.21 bits per heavy atom. The second kappa shape index (κ2) is 4.65. The normalized spacial score (nSPS) is 12.1. The first-order valence-corrected chi connectivity index (χ1v) is 5.28. The van der Waals surface area contributed by atoms with Crippen LogP contribution in [0.15, 0.2) is 29.3 Å². The van der Waals surface area contributed by atoms with Crippen molar-refractivity contribution in [3.63, 3.8) is 0 Å². The Balaban J connectivity index is 2.43. The van der Waals surface area contributed by atoms with Crippen LogP contribution >= 0.6 is 0 Å². The Morgan fingerprint density at radius 1 is 1.47 bits per heavy atom. The lowest BCUT2D eigenvalue weighted by Crippen LogP contribution is -2.07. The van der Waals surface area contributed by atoms with E-state index in [9.17, 15) is 18.0 Å². The molecule has 0 aromatic carbocycles. The highest BCUT2D eigenvalue weighted by Gasteiger charge is 2.24. The summed E-state index contributed by atoms with van der Waals surface area (Å²) in [7, 11) is 0. The van der Waals surface area contributed by atoms with E-state index in [-0.39, 0.29) is 11.2 Å². The van der Waals surface area contributed by atoms with Crippen LogP contribution in [0.4, 0.5) is 13.2 Å². The van der Waals surface area contributed by atoms with E-state index in [0.29, 0.717) is 5.69 Å². The summed E-state index contributed by atoms with van der Waals surface area (Å²) in [4.78, 5) is 14.1. The topological polar surface area (TPSA) is 61.1 Å². The Hall–Kier alpha value is -2.49. The molecule has 0 aliphatic heterocycles. The number of hydrogen-bond acceptors (Lipinski definition) is 2. The number of fused-ring (bicyclic) bond motifs is 1. The van der Waals surface area contributed by atoms with Crippen molar-refractivity contribution in [1.82, 2.24) is 9.38 Å². The van der Waals surface area contributed by atoms with Gasteiger partial charge in [-0.1, -0.05) is 6.08 Å². The molecule has 0 aliphatic rings. The minimum absolute atomic E-state index is 0.0713. The van der Waals surface area contributed by atoms with Crippen molar-refractivity contribution < 1.29 is 13.2 Å². The smallest absolute Gasteiger partial charge is 0.344 e. The summed E-state index contributed by atoms with van der Waals surface area (Å²) in [6, 6.07) is 2.96. The molecule has 0 fully saturated rings. The SMILES string of the molecule is N#Cc1c(=O)ccn2c(C=CCC(F)(F)F)c[nH]c12. The van der Waals surface area contributed by atoms with Gasteiger partial charge in [0.2, 0.25) is 5.43 Å². The predicted octanol–water partition coefficient (Wildman–Crippen LogP) is 2.46. The Kier molecular flexibility index (Phi) is 3.17. The van der Waals surface area contributed by atoms with Gasteiger partial charge in [0, 0.05) is 18.5 Å². The molecule has 98 valence electrons. The van der Waals surface area contributed by atoms with Crippen LogP contribution in [-0.2, 0) is 0 Å². The molecule has 0 bridgehead atoms. The Labute approximate surface area is 105 Å². The van der Waals surface area contributed by atoms with E-state index in [4.69, 9.17) is 5.26 Å². The fourth-order valence-corrected chi connectivity index (χ4v) is 1.66. The Bertz CT molecular complexity index is 731. The van der Waals surface area contributed by atoms with Crippen LogP contribution in [0.2, 0.25) is 0 Å². The minimum Gasteiger partial charge on any atom is -0.344 e. The van der Waals surface area contributed by atoms with Crippen LogP contribution in [0, 0.1) is 11.3 Å². The number of alkyl halides is 3. The first-order chi connectivity index (χ1) is 8.92. The van der Waals surface area contributed by atoms with E-state index in [2.05, 4.69) is 4.98 Å². The van der Waals surface area contributed by atoms with E-state index in [1.165, 1.54) is 28.9 Å². The molecule has 2 aromatic rings. The average Bonchev–Trinajstić information content (AvgIpc) is 2.71. The highest BCUT2D eigenvalue weighted by atomic mass is 19.4. The summed E-state index contributed by atoms with van der Waals surface area (Å²) in [6.45, 7) is 0. The van der Waals surface area contributed by atoms with E-state index >= 15 is 0 Å². The molecule has 2 heterocycles. The number of pyridine rings is 1. The molecule has 1 N–H and O–H groups in total. The van der Waals surface area contributed by atoms with Gasteiger partial charge >= 0.3 is 6.18 Å². The predicted molar refractivity (Wildman–Crippen MR) is 62.4 cm³/mol. The molecule has 0 saturated carbocycles. The number of nitrogens with zero attached hydrogens (tertiary/aromatic N) is 2. The largest absolute Gasteiger partial charge is 0.392 e. The summed E-state index contributed by atoms with van der Waals surface area (Å²) < 4.78 is 37.5. The standard InChI is InChI=1S/C12H8F3N3O/c13-12(14,15)4-1-2-8-7-17-11-9(6-16)10(19)3-5-18(8)11/h1-3,5,7,17H,4H2. The van der Waals surface area contributed by atoms with Crippen LogP contribution in [0.3, 0.4) is 0 Å². The van der Waals surface area contributed by atoms with Crippen molar-refractivity contribution in [2.24, 2.45) is 0 Å². The van der Waals surface area contributed by atoms with Crippen LogP contribution < -0.4 is 5.43 Å². The summed E-state index contributed by atoms with van der Waals surface area (Å²) in [5.74, 6) is 0. The van der Waals surface area contributed by atoms with Crippen LogP contribution in [0.25, 0.3) is 11.7 Å². The van der Waals surface area contributed by atoms with Gasteiger partial charge in [-0.3, -0.25) is 4.79 Å². The first kappa shape index (κ1) is 13.0. The van der Waals surface area contributed by atoms with Crippen molar-refractivity contribution in [2.75, 3.05) is 0 Å². The van der Waals surface area contributed by atoms with Gasteiger partial charge in [0.1, 0.15) is 17.3 Å². The molecule has 0 radical (unpaired) electrons. The van der Waals surface area contributed by atoms with Crippen LogP contribution in [0.5, 0.6) is 0 Å². The number of H-pyrrole nitrogens is 1. The summed E-state index contributed by atoms with van der Waals surface area (Å²) in [5.41, 5.74) is 0.186. The zero-order chi connectivity index (χ0) is 14.0.